The molecule has 2 aromatic rings. The molecule has 3 rings (SSSR count). The summed E-state index contributed by atoms with van der Waals surface area (Å²) < 4.78 is 10.5. The highest BCUT2D eigenvalue weighted by molar-refractivity contribution is 5.95. The Morgan fingerprint density at radius 1 is 1.45 bits per heavy atom. The van der Waals surface area contributed by atoms with Gasteiger partial charge in [0.1, 0.15) is 5.82 Å². The number of amides is 1. The predicted molar refractivity (Wildman–Crippen MR) is 71.7 cm³/mol. The summed E-state index contributed by atoms with van der Waals surface area (Å²) in [5, 5.41) is 2.95. The Morgan fingerprint density at radius 2 is 2.30 bits per heavy atom. The molecule has 1 aromatic carbocycles. The lowest BCUT2D eigenvalue weighted by molar-refractivity contribution is 0.0933. The molecule has 0 saturated heterocycles. The topological polar surface area (TPSA) is 76.2 Å². The second kappa shape index (κ2) is 5.24. The highest BCUT2D eigenvalue weighted by atomic mass is 16.7. The van der Waals surface area contributed by atoms with Crippen molar-refractivity contribution >= 4 is 5.91 Å². The van der Waals surface area contributed by atoms with Crippen LogP contribution in [0, 0.1) is 0 Å². The number of nitrogens with zero attached hydrogens (tertiary/aromatic N) is 1. The molecule has 1 aromatic heterocycles. The van der Waals surface area contributed by atoms with Crippen molar-refractivity contribution in [2.45, 2.75) is 19.4 Å². The Hall–Kier alpha value is -2.50. The Morgan fingerprint density at radius 3 is 3.05 bits per heavy atom. The van der Waals surface area contributed by atoms with E-state index >= 15 is 0 Å². The van der Waals surface area contributed by atoms with Gasteiger partial charge in [0.05, 0.1) is 6.04 Å². The fraction of sp³-hybridized carbons (Fsp3) is 0.286. The number of carbonyl (C=O) groups is 1. The van der Waals surface area contributed by atoms with Crippen LogP contribution in [0.15, 0.2) is 30.6 Å². The number of aromatic nitrogens is 2. The van der Waals surface area contributed by atoms with Gasteiger partial charge < -0.3 is 19.8 Å². The lowest BCUT2D eigenvalue weighted by atomic mass is 10.1. The van der Waals surface area contributed by atoms with E-state index in [1.165, 1.54) is 0 Å². The third kappa shape index (κ3) is 2.32. The van der Waals surface area contributed by atoms with E-state index in [2.05, 4.69) is 15.3 Å². The van der Waals surface area contributed by atoms with Crippen molar-refractivity contribution < 1.29 is 14.3 Å². The summed E-state index contributed by atoms with van der Waals surface area (Å²) in [7, 11) is 0. The maximum Gasteiger partial charge on any atom is 0.252 e. The van der Waals surface area contributed by atoms with E-state index in [9.17, 15) is 4.79 Å². The third-order valence-corrected chi connectivity index (χ3v) is 3.20. The predicted octanol–water partition coefficient (Wildman–Crippen LogP) is 2.02. The van der Waals surface area contributed by atoms with Gasteiger partial charge >= 0.3 is 0 Å². The second-order valence-corrected chi connectivity index (χ2v) is 4.48. The number of aromatic amines is 1. The van der Waals surface area contributed by atoms with Crippen LogP contribution in [-0.2, 0) is 0 Å². The van der Waals surface area contributed by atoms with E-state index in [0.717, 1.165) is 12.2 Å². The number of carbonyl (C=O) groups excluding carboxylic acids is 1. The van der Waals surface area contributed by atoms with Crippen molar-refractivity contribution in [2.24, 2.45) is 0 Å². The maximum atomic E-state index is 12.3. The van der Waals surface area contributed by atoms with Crippen molar-refractivity contribution in [2.75, 3.05) is 6.79 Å². The number of ether oxygens (including phenoxy) is 2. The molecule has 1 aliphatic heterocycles. The quantitative estimate of drug-likeness (QED) is 0.893. The van der Waals surface area contributed by atoms with Gasteiger partial charge in [-0.1, -0.05) is 6.92 Å². The summed E-state index contributed by atoms with van der Waals surface area (Å²) in [5.74, 6) is 1.86. The molecule has 0 radical (unpaired) electrons. The Labute approximate surface area is 116 Å². The smallest absolute Gasteiger partial charge is 0.252 e. The molecule has 6 heteroatoms. The molecule has 1 amide bonds. The van der Waals surface area contributed by atoms with Gasteiger partial charge in [-0.2, -0.15) is 0 Å². The minimum Gasteiger partial charge on any atom is -0.454 e. The largest absolute Gasteiger partial charge is 0.454 e. The van der Waals surface area contributed by atoms with Crippen LogP contribution in [0.4, 0.5) is 0 Å². The van der Waals surface area contributed by atoms with E-state index in [4.69, 9.17) is 9.47 Å². The van der Waals surface area contributed by atoms with Crippen molar-refractivity contribution in [3.63, 3.8) is 0 Å². The number of benzene rings is 1. The molecule has 104 valence electrons. The highest BCUT2D eigenvalue weighted by Gasteiger charge is 2.19. The minimum atomic E-state index is -0.161. The number of H-pyrrole nitrogens is 1. The fourth-order valence-electron chi connectivity index (χ4n) is 2.11. The average molecular weight is 273 g/mol. The second-order valence-electron chi connectivity index (χ2n) is 4.48. The minimum absolute atomic E-state index is 0.136. The van der Waals surface area contributed by atoms with Gasteiger partial charge in [0.25, 0.3) is 5.91 Å². The molecule has 1 atom stereocenters. The van der Waals surface area contributed by atoms with Gasteiger partial charge in [0, 0.05) is 18.0 Å². The molecule has 2 heterocycles. The Kier molecular flexibility index (Phi) is 3.28. The number of hydrogen-bond acceptors (Lipinski definition) is 4. The van der Waals surface area contributed by atoms with Crippen LogP contribution in [0.25, 0.3) is 0 Å². The van der Waals surface area contributed by atoms with Crippen molar-refractivity contribution in [1.29, 1.82) is 0 Å². The average Bonchev–Trinajstić information content (AvgIpc) is 3.14. The van der Waals surface area contributed by atoms with Crippen LogP contribution < -0.4 is 14.8 Å². The lowest BCUT2D eigenvalue weighted by Gasteiger charge is -2.14. The molecular weight excluding hydrogens is 258 g/mol. The van der Waals surface area contributed by atoms with Crippen LogP contribution >= 0.6 is 0 Å². The number of rotatable bonds is 4. The molecule has 0 saturated carbocycles. The summed E-state index contributed by atoms with van der Waals surface area (Å²) in [4.78, 5) is 19.5. The van der Waals surface area contributed by atoms with E-state index in [1.807, 2.05) is 6.92 Å². The first-order chi connectivity index (χ1) is 9.78. The summed E-state index contributed by atoms with van der Waals surface area (Å²) in [6.07, 6.45) is 4.17. The summed E-state index contributed by atoms with van der Waals surface area (Å²) in [6.45, 7) is 2.19. The monoisotopic (exact) mass is 273 g/mol. The molecule has 1 aliphatic rings. The molecule has 1 unspecified atom stereocenters. The van der Waals surface area contributed by atoms with Gasteiger partial charge in [-0.25, -0.2) is 4.98 Å². The van der Waals surface area contributed by atoms with Gasteiger partial charge in [0.2, 0.25) is 6.79 Å². The third-order valence-electron chi connectivity index (χ3n) is 3.20. The van der Waals surface area contributed by atoms with Crippen LogP contribution in [-0.4, -0.2) is 22.7 Å². The van der Waals surface area contributed by atoms with E-state index in [1.54, 1.807) is 30.6 Å². The van der Waals surface area contributed by atoms with Gasteiger partial charge in [0.15, 0.2) is 11.5 Å². The summed E-state index contributed by atoms with van der Waals surface area (Å²) >= 11 is 0. The number of fused-ring (bicyclic) bond motifs is 1. The van der Waals surface area contributed by atoms with Crippen molar-refractivity contribution in [3.8, 4) is 11.5 Å². The van der Waals surface area contributed by atoms with Crippen molar-refractivity contribution in [1.82, 2.24) is 15.3 Å². The Balaban J connectivity index is 1.75. The molecule has 0 bridgehead atoms. The number of hydrogen-bond donors (Lipinski definition) is 2. The molecule has 0 fully saturated rings. The SMILES string of the molecule is CCC(NC(=O)c1ccc2c(c1)OCO2)c1ncc[nH]1. The van der Waals surface area contributed by atoms with E-state index < -0.39 is 0 Å². The lowest BCUT2D eigenvalue weighted by Crippen LogP contribution is -2.28. The molecule has 0 spiro atoms. The van der Waals surface area contributed by atoms with E-state index in [0.29, 0.717) is 17.1 Å². The standard InChI is InChI=1S/C14H15N3O3/c1-2-10(13-15-5-6-16-13)17-14(18)9-3-4-11-12(7-9)20-8-19-11/h3-7,10H,2,8H2,1H3,(H,15,16)(H,17,18). The molecule has 0 aliphatic carbocycles. The van der Waals surface area contributed by atoms with Crippen LogP contribution in [0.2, 0.25) is 0 Å². The van der Waals surface area contributed by atoms with Crippen LogP contribution in [0.1, 0.15) is 35.6 Å². The summed E-state index contributed by atoms with van der Waals surface area (Å²) in [6, 6.07) is 5.01. The van der Waals surface area contributed by atoms with E-state index in [-0.39, 0.29) is 18.7 Å². The number of nitrogens with one attached hydrogen (secondary N) is 2. The summed E-state index contributed by atoms with van der Waals surface area (Å²) in [5.41, 5.74) is 0.541. The van der Waals surface area contributed by atoms with Gasteiger partial charge in [-0.15, -0.1) is 0 Å². The molecular formula is C14H15N3O3. The maximum absolute atomic E-state index is 12.3. The molecule has 2 N–H and O–H groups in total. The first-order valence-electron chi connectivity index (χ1n) is 6.47. The fourth-order valence-corrected chi connectivity index (χ4v) is 2.11. The molecule has 6 nitrogen and oxygen atoms in total. The zero-order valence-corrected chi connectivity index (χ0v) is 11.1. The Bertz CT molecular complexity index is 610. The van der Waals surface area contributed by atoms with Gasteiger partial charge in [-0.05, 0) is 24.6 Å². The number of imidazole rings is 1. The first kappa shape index (κ1) is 12.5. The van der Waals surface area contributed by atoms with Gasteiger partial charge in [-0.3, -0.25) is 4.79 Å². The van der Waals surface area contributed by atoms with Crippen LogP contribution in [0.5, 0.6) is 11.5 Å². The zero-order chi connectivity index (χ0) is 13.9. The normalized spacial score (nSPS) is 14.1. The first-order valence-corrected chi connectivity index (χ1v) is 6.47. The highest BCUT2D eigenvalue weighted by Crippen LogP contribution is 2.32. The van der Waals surface area contributed by atoms with Crippen LogP contribution in [0.3, 0.4) is 0 Å². The molecule has 20 heavy (non-hydrogen) atoms. The van der Waals surface area contributed by atoms with Crippen molar-refractivity contribution in [3.05, 3.63) is 42.0 Å². The zero-order valence-electron chi connectivity index (χ0n) is 11.1.